The topological polar surface area (TPSA) is 137 Å². The summed E-state index contributed by atoms with van der Waals surface area (Å²) >= 11 is 0. The van der Waals surface area contributed by atoms with Gasteiger partial charge < -0.3 is 25.7 Å². The molecular weight excluding hydrogens is 546 g/mol. The van der Waals surface area contributed by atoms with E-state index in [1.54, 1.807) is 13.8 Å². The number of allylic oxidation sites excluding steroid dienone is 2. The summed E-state index contributed by atoms with van der Waals surface area (Å²) in [4.78, 5) is 42.6. The number of aliphatic hydroxyl groups is 1. The van der Waals surface area contributed by atoms with Crippen molar-refractivity contribution in [1.29, 1.82) is 0 Å². The molecule has 0 aromatic rings. The van der Waals surface area contributed by atoms with Gasteiger partial charge in [-0.3, -0.25) is 9.59 Å². The Balaban J connectivity index is 1.35. The molecule has 3 saturated carbocycles. The molecule has 0 heterocycles. The lowest BCUT2D eigenvalue weighted by atomic mass is 9.46. The standard InChI is InChI=1S/C34H51N3O6/c1-8-34(42)16-13-26-24-10-9-22-18-23(11-14-32(22,6)25(24)12-15-33(26,34)7)37-43-19-28(38)36-29(21(4)5)30(39)35-27(31(40)41)17-20(2)3/h1,18,20-21,24-27,29,42H,9-17,19H2,2-7H3,(H,35,39)(H,36,38)(H,40,41)/b37-23+/t24-,25-,26-,27+,29-,32+,33+,34-/m1/s1. The van der Waals surface area contributed by atoms with Crippen LogP contribution < -0.4 is 10.6 Å². The van der Waals surface area contributed by atoms with Gasteiger partial charge in [-0.25, -0.2) is 4.79 Å². The number of rotatable bonds is 10. The summed E-state index contributed by atoms with van der Waals surface area (Å²) in [7, 11) is 0. The molecule has 0 bridgehead atoms. The van der Waals surface area contributed by atoms with Gasteiger partial charge in [0.05, 0.1) is 5.71 Å². The maximum Gasteiger partial charge on any atom is 0.326 e. The van der Waals surface area contributed by atoms with Crippen molar-refractivity contribution < 1.29 is 29.4 Å². The van der Waals surface area contributed by atoms with E-state index in [0.717, 1.165) is 50.7 Å². The van der Waals surface area contributed by atoms with Gasteiger partial charge in [-0.1, -0.05) is 58.2 Å². The van der Waals surface area contributed by atoms with Gasteiger partial charge in [0.25, 0.3) is 5.91 Å². The Kier molecular flexibility index (Phi) is 9.71. The zero-order valence-electron chi connectivity index (χ0n) is 26.7. The first-order valence-electron chi connectivity index (χ1n) is 16.1. The molecule has 0 unspecified atom stereocenters. The molecule has 0 aromatic carbocycles. The third kappa shape index (κ3) is 6.36. The fraction of sp³-hybridized carbons (Fsp3) is 0.765. The van der Waals surface area contributed by atoms with Crippen LogP contribution >= 0.6 is 0 Å². The first-order chi connectivity index (χ1) is 20.1. The predicted molar refractivity (Wildman–Crippen MR) is 165 cm³/mol. The van der Waals surface area contributed by atoms with Gasteiger partial charge in [0.1, 0.15) is 17.7 Å². The van der Waals surface area contributed by atoms with Crippen LogP contribution in [0, 0.1) is 52.8 Å². The number of amides is 2. The Bertz CT molecular complexity index is 1200. The normalized spacial score (nSPS) is 35.6. The van der Waals surface area contributed by atoms with Crippen molar-refractivity contribution >= 4 is 23.5 Å². The van der Waals surface area contributed by atoms with Crippen LogP contribution in [0.15, 0.2) is 16.8 Å². The van der Waals surface area contributed by atoms with E-state index in [2.05, 4.69) is 41.6 Å². The largest absolute Gasteiger partial charge is 0.480 e. The molecule has 2 amide bonds. The highest BCUT2D eigenvalue weighted by molar-refractivity contribution is 5.96. The molecule has 0 spiro atoms. The molecule has 4 aliphatic carbocycles. The van der Waals surface area contributed by atoms with Crippen LogP contribution in [0.25, 0.3) is 0 Å². The fourth-order valence-electron chi connectivity index (χ4n) is 8.77. The van der Waals surface area contributed by atoms with E-state index in [4.69, 9.17) is 11.3 Å². The van der Waals surface area contributed by atoms with E-state index in [9.17, 15) is 24.6 Å². The lowest BCUT2D eigenvalue weighted by Gasteiger charge is -2.58. The van der Waals surface area contributed by atoms with Crippen molar-refractivity contribution in [2.24, 2.45) is 45.6 Å². The maximum atomic E-state index is 12.8. The number of aliphatic carboxylic acids is 1. The van der Waals surface area contributed by atoms with Gasteiger partial charge in [0.2, 0.25) is 5.91 Å². The van der Waals surface area contributed by atoms with Crippen LogP contribution in [-0.4, -0.2) is 58.0 Å². The van der Waals surface area contributed by atoms with E-state index >= 15 is 0 Å². The molecule has 0 saturated heterocycles. The minimum absolute atomic E-state index is 0.0821. The molecular formula is C34H51N3O6. The van der Waals surface area contributed by atoms with E-state index in [1.165, 1.54) is 5.57 Å². The maximum absolute atomic E-state index is 12.8. The number of terminal acetylenes is 1. The smallest absolute Gasteiger partial charge is 0.326 e. The number of oxime groups is 1. The summed E-state index contributed by atoms with van der Waals surface area (Å²) in [5.74, 6) is 2.04. The predicted octanol–water partition coefficient (Wildman–Crippen LogP) is 4.44. The lowest BCUT2D eigenvalue weighted by Crippen LogP contribution is -2.54. The number of fused-ring (bicyclic) bond motifs is 5. The van der Waals surface area contributed by atoms with Crippen molar-refractivity contribution in [3.8, 4) is 12.3 Å². The monoisotopic (exact) mass is 597 g/mol. The number of carboxylic acid groups (broad SMARTS) is 1. The van der Waals surface area contributed by atoms with E-state index < -0.39 is 35.5 Å². The van der Waals surface area contributed by atoms with Crippen LogP contribution in [0.3, 0.4) is 0 Å². The summed E-state index contributed by atoms with van der Waals surface area (Å²) in [6.45, 7) is 11.6. The number of nitrogens with one attached hydrogen (secondary N) is 2. The number of carboxylic acids is 1. The quantitative estimate of drug-likeness (QED) is 0.217. The van der Waals surface area contributed by atoms with Gasteiger partial charge in [-0.2, -0.15) is 0 Å². The molecule has 4 aliphatic rings. The number of hydrogen-bond donors (Lipinski definition) is 4. The number of carbonyl (C=O) groups excluding carboxylic acids is 2. The fourth-order valence-corrected chi connectivity index (χ4v) is 8.77. The van der Waals surface area contributed by atoms with Crippen LogP contribution in [0.2, 0.25) is 0 Å². The molecule has 4 rings (SSSR count). The minimum Gasteiger partial charge on any atom is -0.480 e. The molecule has 43 heavy (non-hydrogen) atoms. The third-order valence-corrected chi connectivity index (χ3v) is 11.3. The van der Waals surface area contributed by atoms with Gasteiger partial charge >= 0.3 is 5.97 Å². The molecule has 0 radical (unpaired) electrons. The average molecular weight is 598 g/mol. The van der Waals surface area contributed by atoms with Gasteiger partial charge in [-0.15, -0.1) is 6.42 Å². The van der Waals surface area contributed by atoms with E-state index in [1.807, 2.05) is 13.8 Å². The first kappa shape index (κ1) is 33.0. The number of hydrogen-bond acceptors (Lipinski definition) is 6. The summed E-state index contributed by atoms with van der Waals surface area (Å²) in [6, 6.07) is -1.91. The molecule has 0 aromatic heterocycles. The summed E-state index contributed by atoms with van der Waals surface area (Å²) in [5.41, 5.74) is 1.09. The van der Waals surface area contributed by atoms with Crippen molar-refractivity contribution in [2.75, 3.05) is 6.61 Å². The van der Waals surface area contributed by atoms with Crippen LogP contribution in [0.4, 0.5) is 0 Å². The average Bonchev–Trinajstić information content (AvgIpc) is 3.21. The molecule has 9 heteroatoms. The molecule has 0 aliphatic heterocycles. The Morgan fingerprint density at radius 1 is 1.07 bits per heavy atom. The highest BCUT2D eigenvalue weighted by Gasteiger charge is 2.63. The second-order valence-electron chi connectivity index (χ2n) is 14.7. The van der Waals surface area contributed by atoms with Crippen molar-refractivity contribution in [2.45, 2.75) is 117 Å². The van der Waals surface area contributed by atoms with Crippen molar-refractivity contribution in [1.82, 2.24) is 10.6 Å². The first-order valence-corrected chi connectivity index (χ1v) is 16.1. The number of nitrogens with zero attached hydrogens (tertiary/aromatic N) is 1. The second kappa shape index (κ2) is 12.6. The molecule has 4 N–H and O–H groups in total. The molecule has 8 atom stereocenters. The van der Waals surface area contributed by atoms with E-state index in [0.29, 0.717) is 30.6 Å². The summed E-state index contributed by atoms with van der Waals surface area (Å²) < 4.78 is 0. The SMILES string of the molecule is C#C[C@@]1(O)CC[C@@H]2[C@@H]3CCC4=C/C(=N/OCC(=O)N[C@@H](C(=O)N[C@@H](CC(C)C)C(=O)O)C(C)C)CC[C@]4(C)[C@@H]3CC[C@@]21C. The zero-order valence-corrected chi connectivity index (χ0v) is 26.7. The Hall–Kier alpha value is -2.86. The third-order valence-electron chi connectivity index (χ3n) is 11.3. The second-order valence-corrected chi connectivity index (χ2v) is 14.7. The van der Waals surface area contributed by atoms with Crippen LogP contribution in [0.5, 0.6) is 0 Å². The van der Waals surface area contributed by atoms with E-state index in [-0.39, 0.29) is 29.3 Å². The zero-order chi connectivity index (χ0) is 31.7. The Labute approximate surface area is 256 Å². The number of carbonyl (C=O) groups is 3. The van der Waals surface area contributed by atoms with Gasteiger partial charge in [0, 0.05) is 5.41 Å². The summed E-state index contributed by atoms with van der Waals surface area (Å²) in [6.07, 6.45) is 15.8. The lowest BCUT2D eigenvalue weighted by molar-refractivity contribution is -0.143. The molecule has 3 fully saturated rings. The Morgan fingerprint density at radius 3 is 2.40 bits per heavy atom. The minimum atomic E-state index is -1.10. The van der Waals surface area contributed by atoms with Crippen molar-refractivity contribution in [3.05, 3.63) is 11.6 Å². The highest BCUT2D eigenvalue weighted by Crippen LogP contribution is 2.67. The van der Waals surface area contributed by atoms with Crippen LogP contribution in [-0.2, 0) is 19.2 Å². The van der Waals surface area contributed by atoms with Gasteiger partial charge in [0.15, 0.2) is 6.61 Å². The van der Waals surface area contributed by atoms with Crippen LogP contribution in [0.1, 0.15) is 99.3 Å². The van der Waals surface area contributed by atoms with Gasteiger partial charge in [-0.05, 0) is 98.9 Å². The Morgan fingerprint density at radius 2 is 1.77 bits per heavy atom. The van der Waals surface area contributed by atoms with Crippen molar-refractivity contribution in [3.63, 3.8) is 0 Å². The molecule has 9 nitrogen and oxygen atoms in total. The summed E-state index contributed by atoms with van der Waals surface area (Å²) in [5, 5.41) is 30.2. The molecule has 238 valence electrons. The highest BCUT2D eigenvalue weighted by atomic mass is 16.6.